The van der Waals surface area contributed by atoms with Crippen LogP contribution in [0.5, 0.6) is 11.5 Å². The summed E-state index contributed by atoms with van der Waals surface area (Å²) in [5, 5.41) is 11.0. The average molecular weight is 384 g/mol. The number of benzene rings is 2. The second-order valence-electron chi connectivity index (χ2n) is 7.29. The van der Waals surface area contributed by atoms with Crippen molar-refractivity contribution in [3.05, 3.63) is 63.2 Å². The first-order valence-electron chi connectivity index (χ1n) is 9.42. The van der Waals surface area contributed by atoms with Gasteiger partial charge >= 0.3 is 0 Å². The molecule has 2 aromatic carbocycles. The lowest BCUT2D eigenvalue weighted by atomic mass is 9.87. The number of non-ortho nitro benzene ring substituents is 1. The highest BCUT2D eigenvalue weighted by atomic mass is 16.6. The smallest absolute Gasteiger partial charge is 0.269 e. The molecule has 0 unspecified atom stereocenters. The molecule has 3 atom stereocenters. The molecule has 0 amide bonds. The normalized spacial score (nSPS) is 24.2. The van der Waals surface area contributed by atoms with Gasteiger partial charge in [0.25, 0.3) is 5.69 Å². The van der Waals surface area contributed by atoms with Gasteiger partial charge in [0, 0.05) is 24.7 Å². The molecular formula is C21H24N2O5. The summed E-state index contributed by atoms with van der Waals surface area (Å²) in [7, 11) is 3.30. The first-order chi connectivity index (χ1) is 13.5. The number of fused-ring (bicyclic) bond motifs is 3. The second-order valence-corrected chi connectivity index (χ2v) is 7.29. The molecule has 0 radical (unpaired) electrons. The summed E-state index contributed by atoms with van der Waals surface area (Å²) < 4.78 is 17.2. The van der Waals surface area contributed by atoms with E-state index < -0.39 is 0 Å². The van der Waals surface area contributed by atoms with Gasteiger partial charge in [-0.2, -0.15) is 0 Å². The van der Waals surface area contributed by atoms with Gasteiger partial charge in [0.1, 0.15) is 6.23 Å². The molecule has 0 aliphatic carbocycles. The molecule has 0 N–H and O–H groups in total. The number of nitrogens with zero attached hydrogens (tertiary/aromatic N) is 2. The van der Waals surface area contributed by atoms with Crippen molar-refractivity contribution in [1.29, 1.82) is 0 Å². The van der Waals surface area contributed by atoms with E-state index in [-0.39, 0.29) is 29.0 Å². The number of nitro groups is 1. The Morgan fingerprint density at radius 1 is 1.14 bits per heavy atom. The predicted molar refractivity (Wildman–Crippen MR) is 104 cm³/mol. The van der Waals surface area contributed by atoms with Gasteiger partial charge in [-0.1, -0.05) is 0 Å². The molecule has 4 rings (SSSR count). The summed E-state index contributed by atoms with van der Waals surface area (Å²) in [4.78, 5) is 12.9. The van der Waals surface area contributed by atoms with Crippen LogP contribution in [-0.4, -0.2) is 36.7 Å². The van der Waals surface area contributed by atoms with Crippen molar-refractivity contribution in [3.8, 4) is 11.5 Å². The van der Waals surface area contributed by atoms with E-state index in [0.29, 0.717) is 0 Å². The van der Waals surface area contributed by atoms with Crippen LogP contribution >= 0.6 is 0 Å². The molecule has 2 aromatic rings. The minimum Gasteiger partial charge on any atom is -0.493 e. The standard InChI is InChI=1S/C21H24N2O5/c1-13-10-18-17-12-20(27-3)19(26-2)11-15(17)8-9-22(18)21(28-13)14-4-6-16(7-5-14)23(24)25/h4-7,11-13,18,21H,8-10H2,1-3H3/t13-,18+,21-/m1/s1. The van der Waals surface area contributed by atoms with Crippen LogP contribution in [0.2, 0.25) is 0 Å². The fourth-order valence-corrected chi connectivity index (χ4v) is 4.29. The summed E-state index contributed by atoms with van der Waals surface area (Å²) in [6.07, 6.45) is 1.61. The first-order valence-corrected chi connectivity index (χ1v) is 9.42. The van der Waals surface area contributed by atoms with Crippen molar-refractivity contribution in [2.45, 2.75) is 38.1 Å². The van der Waals surface area contributed by atoms with Crippen LogP contribution in [0.1, 0.15) is 42.3 Å². The zero-order valence-corrected chi connectivity index (χ0v) is 16.3. The van der Waals surface area contributed by atoms with Crippen LogP contribution < -0.4 is 9.47 Å². The van der Waals surface area contributed by atoms with Crippen LogP contribution in [0.4, 0.5) is 5.69 Å². The largest absolute Gasteiger partial charge is 0.493 e. The molecule has 0 aromatic heterocycles. The van der Waals surface area contributed by atoms with Crippen LogP contribution in [0.15, 0.2) is 36.4 Å². The molecule has 2 aliphatic rings. The molecule has 0 spiro atoms. The maximum atomic E-state index is 11.0. The summed E-state index contributed by atoms with van der Waals surface area (Å²) in [6.45, 7) is 2.92. The van der Waals surface area contributed by atoms with Crippen molar-refractivity contribution in [2.75, 3.05) is 20.8 Å². The fourth-order valence-electron chi connectivity index (χ4n) is 4.29. The number of nitro benzene ring substituents is 1. The lowest BCUT2D eigenvalue weighted by molar-refractivity contribution is -0.384. The molecule has 0 bridgehead atoms. The van der Waals surface area contributed by atoms with E-state index in [1.54, 1.807) is 38.5 Å². The van der Waals surface area contributed by atoms with Gasteiger partial charge in [0.15, 0.2) is 11.5 Å². The second kappa shape index (κ2) is 7.41. The first kappa shape index (κ1) is 18.7. The highest BCUT2D eigenvalue weighted by Crippen LogP contribution is 2.46. The van der Waals surface area contributed by atoms with Gasteiger partial charge in [-0.15, -0.1) is 0 Å². The number of ether oxygens (including phenoxy) is 3. The summed E-state index contributed by atoms with van der Waals surface area (Å²) >= 11 is 0. The van der Waals surface area contributed by atoms with E-state index in [1.165, 1.54) is 11.1 Å². The summed E-state index contributed by atoms with van der Waals surface area (Å²) in [5.41, 5.74) is 3.54. The van der Waals surface area contributed by atoms with E-state index in [0.717, 1.165) is 36.4 Å². The third kappa shape index (κ3) is 3.21. The molecule has 2 heterocycles. The lowest BCUT2D eigenvalue weighted by Crippen LogP contribution is -2.45. The van der Waals surface area contributed by atoms with E-state index >= 15 is 0 Å². The Labute approximate surface area is 164 Å². The van der Waals surface area contributed by atoms with Crippen molar-refractivity contribution in [3.63, 3.8) is 0 Å². The molecule has 28 heavy (non-hydrogen) atoms. The molecule has 7 heteroatoms. The molecular weight excluding hydrogens is 360 g/mol. The molecule has 148 valence electrons. The van der Waals surface area contributed by atoms with Gasteiger partial charge in [-0.05, 0) is 60.7 Å². The van der Waals surface area contributed by atoms with Gasteiger partial charge in [0.2, 0.25) is 0 Å². The van der Waals surface area contributed by atoms with Gasteiger partial charge in [-0.25, -0.2) is 0 Å². The predicted octanol–water partition coefficient (Wildman–Crippen LogP) is 4.02. The van der Waals surface area contributed by atoms with Crippen molar-refractivity contribution >= 4 is 5.69 Å². The average Bonchev–Trinajstić information content (AvgIpc) is 2.72. The third-order valence-corrected chi connectivity index (χ3v) is 5.65. The summed E-state index contributed by atoms with van der Waals surface area (Å²) in [6, 6.07) is 11.0. The van der Waals surface area contributed by atoms with E-state index in [2.05, 4.69) is 24.0 Å². The zero-order chi connectivity index (χ0) is 19.8. The van der Waals surface area contributed by atoms with Crippen LogP contribution in [-0.2, 0) is 11.2 Å². The van der Waals surface area contributed by atoms with E-state index in [9.17, 15) is 10.1 Å². The maximum absolute atomic E-state index is 11.0. The van der Waals surface area contributed by atoms with Gasteiger partial charge < -0.3 is 14.2 Å². The summed E-state index contributed by atoms with van der Waals surface area (Å²) in [5.74, 6) is 1.48. The van der Waals surface area contributed by atoms with Crippen molar-refractivity contribution in [1.82, 2.24) is 4.90 Å². The van der Waals surface area contributed by atoms with Crippen molar-refractivity contribution in [2.24, 2.45) is 0 Å². The Kier molecular flexibility index (Phi) is 4.95. The van der Waals surface area contributed by atoms with E-state index in [1.807, 2.05) is 0 Å². The molecule has 0 saturated carbocycles. The SMILES string of the molecule is COc1cc2c(cc1OC)[C@@H]1C[C@@H](C)O[C@H](c3ccc([N+](=O)[O-])cc3)N1CC2. The third-order valence-electron chi connectivity index (χ3n) is 5.65. The highest BCUT2D eigenvalue weighted by Gasteiger charge is 2.40. The Hall–Kier alpha value is -2.64. The number of hydrogen-bond donors (Lipinski definition) is 0. The van der Waals surface area contributed by atoms with E-state index in [4.69, 9.17) is 14.2 Å². The molecule has 2 aliphatic heterocycles. The number of rotatable bonds is 4. The van der Waals surface area contributed by atoms with Crippen LogP contribution in [0, 0.1) is 10.1 Å². The zero-order valence-electron chi connectivity index (χ0n) is 16.3. The van der Waals surface area contributed by atoms with Crippen LogP contribution in [0.3, 0.4) is 0 Å². The molecule has 1 saturated heterocycles. The quantitative estimate of drug-likeness (QED) is 0.586. The molecule has 1 fully saturated rings. The van der Waals surface area contributed by atoms with Gasteiger partial charge in [0.05, 0.1) is 25.2 Å². The topological polar surface area (TPSA) is 74.1 Å². The van der Waals surface area contributed by atoms with Crippen molar-refractivity contribution < 1.29 is 19.1 Å². The minimum absolute atomic E-state index is 0.0699. The minimum atomic E-state index is -0.381. The number of hydrogen-bond acceptors (Lipinski definition) is 6. The highest BCUT2D eigenvalue weighted by molar-refractivity contribution is 5.50. The molecule has 7 nitrogen and oxygen atoms in total. The fraction of sp³-hybridized carbons (Fsp3) is 0.429. The monoisotopic (exact) mass is 384 g/mol. The Balaban J connectivity index is 1.70. The Morgan fingerprint density at radius 2 is 1.82 bits per heavy atom. The lowest BCUT2D eigenvalue weighted by Gasteiger charge is -2.47. The van der Waals surface area contributed by atoms with Crippen LogP contribution in [0.25, 0.3) is 0 Å². The Bertz CT molecular complexity index is 883. The van der Waals surface area contributed by atoms with Gasteiger partial charge in [-0.3, -0.25) is 15.0 Å². The maximum Gasteiger partial charge on any atom is 0.269 e. The number of methoxy groups -OCH3 is 2. The Morgan fingerprint density at radius 3 is 2.46 bits per heavy atom.